The molecule has 0 atom stereocenters. The lowest BCUT2D eigenvalue weighted by molar-refractivity contribution is -0.141. The van der Waals surface area contributed by atoms with Gasteiger partial charge in [-0.25, -0.2) is 9.78 Å². The van der Waals surface area contributed by atoms with E-state index in [0.717, 1.165) is 43.6 Å². The number of nitrogens with one attached hydrogen (secondary N) is 2. The molecule has 3 aromatic heterocycles. The highest BCUT2D eigenvalue weighted by atomic mass is 19.4. The summed E-state index contributed by atoms with van der Waals surface area (Å²) in [5.41, 5.74) is -0.188. The van der Waals surface area contributed by atoms with Crippen LogP contribution in [0.15, 0.2) is 55.0 Å². The molecule has 0 bridgehead atoms. The maximum absolute atomic E-state index is 13.2. The van der Waals surface area contributed by atoms with Crippen LogP contribution in [-0.2, 0) is 23.1 Å². The fourth-order valence-electron chi connectivity index (χ4n) is 5.96. The molecule has 0 unspecified atom stereocenters. The number of anilines is 2. The van der Waals surface area contributed by atoms with Gasteiger partial charge in [0.25, 0.3) is 5.91 Å². The second-order valence-electron chi connectivity index (χ2n) is 12.3. The predicted molar refractivity (Wildman–Crippen MR) is 165 cm³/mol. The lowest BCUT2D eigenvalue weighted by Gasteiger charge is -2.33. The summed E-state index contributed by atoms with van der Waals surface area (Å²) in [6.07, 6.45) is 2.28. The van der Waals surface area contributed by atoms with Crippen molar-refractivity contribution in [3.05, 3.63) is 77.5 Å². The SMILES string of the molecule is CC(C)(O)c1cc2nn(C3CCN(Cc4ccncc4N4CCC(=O)NC4=O)CC3)cc2cc1NC(=O)c1cccc(C(F)(F)F)n1. The first-order chi connectivity index (χ1) is 22.3. The third-order valence-electron chi connectivity index (χ3n) is 8.40. The number of aliphatic hydroxyl groups is 1. The molecular weight excluding hydrogens is 617 g/mol. The number of carbonyl (C=O) groups excluding carboxylic acids is 3. The monoisotopic (exact) mass is 650 g/mol. The number of hydrogen-bond acceptors (Lipinski definition) is 8. The van der Waals surface area contributed by atoms with E-state index in [2.05, 4.69) is 25.5 Å². The van der Waals surface area contributed by atoms with E-state index in [1.54, 1.807) is 43.3 Å². The Labute approximate surface area is 267 Å². The lowest BCUT2D eigenvalue weighted by atomic mass is 9.95. The largest absolute Gasteiger partial charge is 0.433 e. The average molecular weight is 651 g/mol. The summed E-state index contributed by atoms with van der Waals surface area (Å²) in [4.78, 5) is 48.5. The highest BCUT2D eigenvalue weighted by Gasteiger charge is 2.33. The van der Waals surface area contributed by atoms with Gasteiger partial charge in [0.05, 0.1) is 29.0 Å². The first-order valence-corrected chi connectivity index (χ1v) is 15.1. The molecule has 0 radical (unpaired) electrons. The zero-order valence-electron chi connectivity index (χ0n) is 25.7. The number of rotatable bonds is 7. The van der Waals surface area contributed by atoms with E-state index < -0.39 is 35.1 Å². The number of pyridine rings is 2. The minimum absolute atomic E-state index is 0.0763. The normalized spacial score (nSPS) is 16.9. The summed E-state index contributed by atoms with van der Waals surface area (Å²) in [5.74, 6) is -1.14. The van der Waals surface area contributed by atoms with E-state index in [0.29, 0.717) is 35.2 Å². The van der Waals surface area contributed by atoms with Gasteiger partial charge in [-0.1, -0.05) is 6.07 Å². The summed E-state index contributed by atoms with van der Waals surface area (Å²) in [5, 5.41) is 21.3. The highest BCUT2D eigenvalue weighted by molar-refractivity contribution is 6.06. The van der Waals surface area contributed by atoms with E-state index in [1.807, 2.05) is 16.9 Å². The smallest absolute Gasteiger partial charge is 0.386 e. The van der Waals surface area contributed by atoms with Crippen molar-refractivity contribution < 1.29 is 32.7 Å². The minimum atomic E-state index is -4.70. The van der Waals surface area contributed by atoms with Crippen molar-refractivity contribution in [1.82, 2.24) is 30.0 Å². The molecule has 15 heteroatoms. The topological polar surface area (TPSA) is 146 Å². The molecule has 0 aliphatic carbocycles. The zero-order valence-corrected chi connectivity index (χ0v) is 25.7. The number of likely N-dealkylation sites (tertiary alicyclic amines) is 1. The number of nitrogens with zero attached hydrogens (tertiary/aromatic N) is 6. The molecule has 6 rings (SSSR count). The third kappa shape index (κ3) is 6.95. The Hall–Kier alpha value is -4.89. The van der Waals surface area contributed by atoms with Crippen molar-refractivity contribution >= 4 is 40.1 Å². The molecular formula is C32H33F3N8O4. The molecule has 4 amide bonds. The van der Waals surface area contributed by atoms with Crippen molar-refractivity contribution in [1.29, 1.82) is 0 Å². The molecule has 5 heterocycles. The van der Waals surface area contributed by atoms with Gasteiger partial charge in [-0.3, -0.25) is 34.4 Å². The summed E-state index contributed by atoms with van der Waals surface area (Å²) in [7, 11) is 0. The number of alkyl halides is 3. The number of imide groups is 1. The number of hydrogen-bond donors (Lipinski definition) is 3. The number of piperidine rings is 1. The van der Waals surface area contributed by atoms with Crippen molar-refractivity contribution in [2.75, 3.05) is 29.9 Å². The van der Waals surface area contributed by atoms with Gasteiger partial charge >= 0.3 is 12.2 Å². The van der Waals surface area contributed by atoms with Crippen LogP contribution in [0.4, 0.5) is 29.3 Å². The number of fused-ring (bicyclic) bond motifs is 1. The molecule has 2 aliphatic rings. The maximum atomic E-state index is 13.2. The second-order valence-corrected chi connectivity index (χ2v) is 12.3. The summed E-state index contributed by atoms with van der Waals surface area (Å²) >= 11 is 0. The van der Waals surface area contributed by atoms with Gasteiger partial charge in [0.15, 0.2) is 0 Å². The Morgan fingerprint density at radius 2 is 1.87 bits per heavy atom. The van der Waals surface area contributed by atoms with Crippen molar-refractivity contribution in [2.24, 2.45) is 0 Å². The van der Waals surface area contributed by atoms with Crippen LogP contribution in [0.1, 0.15) is 66.5 Å². The van der Waals surface area contributed by atoms with Crippen LogP contribution < -0.4 is 15.5 Å². The Balaban J connectivity index is 1.17. The summed E-state index contributed by atoms with van der Waals surface area (Å²) in [6.45, 7) is 5.50. The van der Waals surface area contributed by atoms with E-state index in [1.165, 1.54) is 6.07 Å². The first-order valence-electron chi connectivity index (χ1n) is 15.1. The van der Waals surface area contributed by atoms with Crippen molar-refractivity contribution in [3.8, 4) is 0 Å². The quantitative estimate of drug-likeness (QED) is 0.263. The molecule has 0 spiro atoms. The molecule has 2 aliphatic heterocycles. The van der Waals surface area contributed by atoms with Gasteiger partial charge in [-0.2, -0.15) is 18.3 Å². The second kappa shape index (κ2) is 12.4. The van der Waals surface area contributed by atoms with Gasteiger partial charge in [-0.15, -0.1) is 0 Å². The Morgan fingerprint density at radius 1 is 1.11 bits per heavy atom. The number of carbonyl (C=O) groups is 3. The third-order valence-corrected chi connectivity index (χ3v) is 8.40. The molecule has 2 fully saturated rings. The van der Waals surface area contributed by atoms with Gasteiger partial charge in [0, 0.05) is 61.6 Å². The van der Waals surface area contributed by atoms with Crippen LogP contribution >= 0.6 is 0 Å². The molecule has 3 N–H and O–H groups in total. The predicted octanol–water partition coefficient (Wildman–Crippen LogP) is 4.61. The first kappa shape index (κ1) is 32.1. The summed E-state index contributed by atoms with van der Waals surface area (Å²) < 4.78 is 41.4. The molecule has 47 heavy (non-hydrogen) atoms. The van der Waals surface area contributed by atoms with Gasteiger partial charge in [-0.05, 0) is 62.6 Å². The van der Waals surface area contributed by atoms with E-state index >= 15 is 0 Å². The molecule has 2 saturated heterocycles. The lowest BCUT2D eigenvalue weighted by Crippen LogP contribution is -2.50. The molecule has 0 saturated carbocycles. The Morgan fingerprint density at radius 3 is 2.57 bits per heavy atom. The number of aromatic nitrogens is 4. The number of amides is 4. The van der Waals surface area contributed by atoms with Crippen molar-refractivity contribution in [2.45, 2.75) is 57.5 Å². The highest BCUT2D eigenvalue weighted by Crippen LogP contribution is 2.34. The molecule has 4 aromatic rings. The van der Waals surface area contributed by atoms with Crippen LogP contribution in [-0.4, -0.2) is 67.2 Å². The van der Waals surface area contributed by atoms with Gasteiger partial charge in [0.1, 0.15) is 11.4 Å². The summed E-state index contributed by atoms with van der Waals surface area (Å²) in [6, 6.07) is 7.93. The molecule has 1 aromatic carbocycles. The fourth-order valence-corrected chi connectivity index (χ4v) is 5.96. The zero-order chi connectivity index (χ0) is 33.5. The molecule has 246 valence electrons. The van der Waals surface area contributed by atoms with E-state index in [-0.39, 0.29) is 24.1 Å². The van der Waals surface area contributed by atoms with Crippen molar-refractivity contribution in [3.63, 3.8) is 0 Å². The molecule has 12 nitrogen and oxygen atoms in total. The Kier molecular flexibility index (Phi) is 8.44. The van der Waals surface area contributed by atoms with E-state index in [4.69, 9.17) is 5.10 Å². The van der Waals surface area contributed by atoms with Crippen LogP contribution in [0.3, 0.4) is 0 Å². The van der Waals surface area contributed by atoms with Crippen LogP contribution in [0.2, 0.25) is 0 Å². The van der Waals surface area contributed by atoms with Crippen LogP contribution in [0.5, 0.6) is 0 Å². The van der Waals surface area contributed by atoms with Crippen LogP contribution in [0.25, 0.3) is 10.9 Å². The Bertz CT molecular complexity index is 1840. The van der Waals surface area contributed by atoms with Gasteiger partial charge in [0.2, 0.25) is 5.91 Å². The fraction of sp³-hybridized carbons (Fsp3) is 0.375. The maximum Gasteiger partial charge on any atom is 0.433 e. The standard InChI is InChI=1S/C32H33F3N8O4/c1-31(2,47)22-15-24-20(14-25(22)38-29(45)23-4-3-5-27(37-23)32(33,34)35)18-43(40-24)21-7-11-41(12-8-21)17-19-6-10-36-16-26(19)42-13-9-28(44)39-30(42)46/h3-6,10,14-16,18,21,47H,7-9,11-13,17H2,1-2H3,(H,38,45)(H,39,44,46). The van der Waals surface area contributed by atoms with Crippen LogP contribution in [0, 0.1) is 0 Å². The number of halogens is 3. The average Bonchev–Trinajstić information content (AvgIpc) is 3.44. The number of benzene rings is 1. The minimum Gasteiger partial charge on any atom is -0.386 e. The van der Waals surface area contributed by atoms with Gasteiger partial charge < -0.3 is 10.4 Å². The van der Waals surface area contributed by atoms with E-state index in [9.17, 15) is 32.7 Å². The number of urea groups is 1.